The van der Waals surface area contributed by atoms with Gasteiger partial charge < -0.3 is 9.30 Å². The number of halogens is 2. The zero-order valence-electron chi connectivity index (χ0n) is 17.9. The summed E-state index contributed by atoms with van der Waals surface area (Å²) in [5.74, 6) is -2.54. The number of pyridine rings is 1. The van der Waals surface area contributed by atoms with Gasteiger partial charge in [0.2, 0.25) is 5.56 Å². The number of para-hydroxylation sites is 1. The van der Waals surface area contributed by atoms with Crippen LogP contribution in [0, 0.1) is 18.6 Å². The Kier molecular flexibility index (Phi) is 7.02. The molecule has 0 unspecified atom stereocenters. The second kappa shape index (κ2) is 9.56. The van der Waals surface area contributed by atoms with Crippen molar-refractivity contribution in [1.82, 2.24) is 14.5 Å². The number of benzene rings is 1. The maximum Gasteiger partial charge on any atom is 0.323 e. The summed E-state index contributed by atoms with van der Waals surface area (Å²) >= 11 is 0. The quantitative estimate of drug-likeness (QED) is 0.503. The van der Waals surface area contributed by atoms with E-state index in [1.807, 2.05) is 6.92 Å². The van der Waals surface area contributed by atoms with E-state index in [2.05, 4.69) is 9.97 Å². The van der Waals surface area contributed by atoms with Gasteiger partial charge in [0, 0.05) is 24.9 Å². The van der Waals surface area contributed by atoms with Gasteiger partial charge in [0.25, 0.3) is 0 Å². The number of nitrogens with zero attached hydrogens (tertiary/aromatic N) is 3. The molecule has 2 heterocycles. The van der Waals surface area contributed by atoms with Crippen LogP contribution >= 0.6 is 0 Å². The van der Waals surface area contributed by atoms with Crippen molar-refractivity contribution >= 4 is 9.84 Å². The second-order valence-electron chi connectivity index (χ2n) is 7.42. The maximum absolute atomic E-state index is 15.3. The predicted molar refractivity (Wildman–Crippen MR) is 116 cm³/mol. The molecule has 3 aromatic rings. The van der Waals surface area contributed by atoms with Crippen LogP contribution in [0.1, 0.15) is 31.0 Å². The highest BCUT2D eigenvalue weighted by Crippen LogP contribution is 2.30. The van der Waals surface area contributed by atoms with Crippen molar-refractivity contribution in [2.24, 2.45) is 7.05 Å². The van der Waals surface area contributed by atoms with Crippen LogP contribution in [0.2, 0.25) is 0 Å². The summed E-state index contributed by atoms with van der Waals surface area (Å²) in [4.78, 5) is 19.7. The fourth-order valence-electron chi connectivity index (χ4n) is 3.02. The first-order valence-corrected chi connectivity index (χ1v) is 11.8. The molecule has 10 heteroatoms. The molecule has 0 saturated carbocycles. The SMILES string of the molecule is CCCCS(=O)(=O)Cc1nc(Oc2c(C)cccc2F)nc(-c2ccc(=O)n(C)c2)c1F. The number of rotatable bonds is 8. The molecule has 0 aliphatic rings. The third-order valence-electron chi connectivity index (χ3n) is 4.78. The first-order valence-electron chi connectivity index (χ1n) is 9.98. The molecule has 0 atom stereocenters. The average molecular weight is 464 g/mol. The zero-order chi connectivity index (χ0) is 23.5. The first-order chi connectivity index (χ1) is 15.1. The standard InChI is InChI=1S/C22H23F2N3O4S/c1-4-5-11-32(29,30)13-17-19(24)20(15-9-10-18(28)27(3)12-15)26-22(25-17)31-21-14(2)7-6-8-16(21)23/h6-10,12H,4-5,11,13H2,1-3H3. The lowest BCUT2D eigenvalue weighted by atomic mass is 10.1. The molecular formula is C22H23F2N3O4S. The minimum absolute atomic E-state index is 0.120. The molecule has 0 aliphatic carbocycles. The molecule has 170 valence electrons. The zero-order valence-corrected chi connectivity index (χ0v) is 18.7. The van der Waals surface area contributed by atoms with E-state index in [4.69, 9.17) is 4.74 Å². The van der Waals surface area contributed by atoms with Crippen LogP contribution in [0.5, 0.6) is 11.8 Å². The van der Waals surface area contributed by atoms with Crippen molar-refractivity contribution in [2.75, 3.05) is 5.75 Å². The lowest BCUT2D eigenvalue weighted by Crippen LogP contribution is -2.16. The summed E-state index contributed by atoms with van der Waals surface area (Å²) in [6.07, 6.45) is 2.46. The van der Waals surface area contributed by atoms with Crippen molar-refractivity contribution in [3.05, 3.63) is 69.8 Å². The Hall–Kier alpha value is -3.14. The Morgan fingerprint density at radius 3 is 2.53 bits per heavy atom. The highest BCUT2D eigenvalue weighted by molar-refractivity contribution is 7.90. The van der Waals surface area contributed by atoms with E-state index in [1.54, 1.807) is 13.0 Å². The second-order valence-corrected chi connectivity index (χ2v) is 9.60. The first kappa shape index (κ1) is 23.5. The van der Waals surface area contributed by atoms with E-state index in [-0.39, 0.29) is 34.0 Å². The number of ether oxygens (including phenoxy) is 1. The maximum atomic E-state index is 15.3. The molecule has 32 heavy (non-hydrogen) atoms. The van der Waals surface area contributed by atoms with Crippen LogP contribution in [0.4, 0.5) is 8.78 Å². The molecule has 0 bridgehead atoms. The number of aryl methyl sites for hydroxylation is 2. The van der Waals surface area contributed by atoms with Gasteiger partial charge in [0.05, 0.1) is 17.2 Å². The van der Waals surface area contributed by atoms with Crippen LogP contribution in [0.25, 0.3) is 11.3 Å². The molecule has 0 saturated heterocycles. The Balaban J connectivity index is 2.14. The van der Waals surface area contributed by atoms with Crippen LogP contribution in [0.15, 0.2) is 41.3 Å². The number of unbranched alkanes of at least 4 members (excludes halogenated alkanes) is 1. The minimum atomic E-state index is -3.65. The van der Waals surface area contributed by atoms with Crippen LogP contribution in [-0.4, -0.2) is 28.7 Å². The molecule has 1 aromatic carbocycles. The third-order valence-corrected chi connectivity index (χ3v) is 6.41. The normalized spacial score (nSPS) is 11.5. The summed E-state index contributed by atoms with van der Waals surface area (Å²) in [6, 6.07) is 6.51. The van der Waals surface area contributed by atoms with Gasteiger partial charge >= 0.3 is 6.01 Å². The largest absolute Gasteiger partial charge is 0.421 e. The van der Waals surface area contributed by atoms with Gasteiger partial charge in [-0.1, -0.05) is 25.5 Å². The number of aromatic nitrogens is 3. The summed E-state index contributed by atoms with van der Waals surface area (Å²) < 4.78 is 61.2. The van der Waals surface area contributed by atoms with E-state index in [0.717, 1.165) is 0 Å². The van der Waals surface area contributed by atoms with Gasteiger partial charge in [-0.05, 0) is 31.0 Å². The summed E-state index contributed by atoms with van der Waals surface area (Å²) in [7, 11) is -2.17. The third kappa shape index (κ3) is 5.37. The van der Waals surface area contributed by atoms with Crippen LogP contribution in [0.3, 0.4) is 0 Å². The monoisotopic (exact) mass is 463 g/mol. The van der Waals surface area contributed by atoms with Crippen molar-refractivity contribution in [3.8, 4) is 23.0 Å². The Labute approximate surface area is 184 Å². The number of hydrogen-bond acceptors (Lipinski definition) is 6. The highest BCUT2D eigenvalue weighted by atomic mass is 32.2. The summed E-state index contributed by atoms with van der Waals surface area (Å²) in [5.41, 5.74) is -0.277. The molecule has 0 fully saturated rings. The van der Waals surface area contributed by atoms with Crippen molar-refractivity contribution in [3.63, 3.8) is 0 Å². The van der Waals surface area contributed by atoms with E-state index >= 15 is 4.39 Å². The molecule has 7 nitrogen and oxygen atoms in total. The Bertz CT molecular complexity index is 1290. The van der Waals surface area contributed by atoms with Gasteiger partial charge in [-0.15, -0.1) is 0 Å². The summed E-state index contributed by atoms with van der Waals surface area (Å²) in [6.45, 7) is 3.47. The van der Waals surface area contributed by atoms with Crippen LogP contribution in [-0.2, 0) is 22.6 Å². The Morgan fingerprint density at radius 1 is 1.12 bits per heavy atom. The van der Waals surface area contributed by atoms with Crippen LogP contribution < -0.4 is 10.3 Å². The fraction of sp³-hybridized carbons (Fsp3) is 0.318. The highest BCUT2D eigenvalue weighted by Gasteiger charge is 2.23. The van der Waals surface area contributed by atoms with E-state index in [1.165, 1.54) is 42.1 Å². The van der Waals surface area contributed by atoms with Crippen molar-refractivity contribution < 1.29 is 21.9 Å². The number of hydrogen-bond donors (Lipinski definition) is 0. The van der Waals surface area contributed by atoms with Gasteiger partial charge in [-0.2, -0.15) is 9.97 Å². The molecule has 0 radical (unpaired) electrons. The predicted octanol–water partition coefficient (Wildman–Crippen LogP) is 3.94. The molecule has 0 aliphatic heterocycles. The molecule has 0 spiro atoms. The number of sulfone groups is 1. The lowest BCUT2D eigenvalue weighted by Gasteiger charge is -2.13. The lowest BCUT2D eigenvalue weighted by molar-refractivity contribution is 0.403. The molecule has 3 rings (SSSR count). The Morgan fingerprint density at radius 2 is 1.88 bits per heavy atom. The van der Waals surface area contributed by atoms with Crippen molar-refractivity contribution in [1.29, 1.82) is 0 Å². The van der Waals surface area contributed by atoms with Gasteiger partial charge in [-0.25, -0.2) is 17.2 Å². The smallest absolute Gasteiger partial charge is 0.323 e. The molecular weight excluding hydrogens is 440 g/mol. The molecule has 2 aromatic heterocycles. The van der Waals surface area contributed by atoms with Gasteiger partial charge in [0.15, 0.2) is 27.2 Å². The fourth-order valence-corrected chi connectivity index (χ4v) is 4.50. The molecule has 0 amide bonds. The van der Waals surface area contributed by atoms with E-state index in [0.29, 0.717) is 18.4 Å². The van der Waals surface area contributed by atoms with E-state index < -0.39 is 33.2 Å². The van der Waals surface area contributed by atoms with Gasteiger partial charge in [0.1, 0.15) is 5.69 Å². The topological polar surface area (TPSA) is 91.2 Å². The van der Waals surface area contributed by atoms with Crippen molar-refractivity contribution in [2.45, 2.75) is 32.4 Å². The molecule has 0 N–H and O–H groups in total. The van der Waals surface area contributed by atoms with E-state index in [9.17, 15) is 17.6 Å². The average Bonchev–Trinajstić information content (AvgIpc) is 2.73. The minimum Gasteiger partial charge on any atom is -0.421 e. The summed E-state index contributed by atoms with van der Waals surface area (Å²) in [5, 5.41) is 0. The van der Waals surface area contributed by atoms with Gasteiger partial charge in [-0.3, -0.25) is 4.79 Å².